The highest BCUT2D eigenvalue weighted by Gasteiger charge is 2.28. The number of thiophene rings is 1. The minimum Gasteiger partial charge on any atom is -0.495 e. The van der Waals surface area contributed by atoms with Gasteiger partial charge in [0.2, 0.25) is 0 Å². The van der Waals surface area contributed by atoms with Crippen LogP contribution in [0, 0.1) is 5.92 Å². The molecule has 3 aromatic rings. The molecule has 5 nitrogen and oxygen atoms in total. The highest BCUT2D eigenvalue weighted by Crippen LogP contribution is 2.40. The molecule has 1 amide bonds. The van der Waals surface area contributed by atoms with E-state index in [-0.39, 0.29) is 5.91 Å². The van der Waals surface area contributed by atoms with Gasteiger partial charge < -0.3 is 15.4 Å². The smallest absolute Gasteiger partial charge is 0.259 e. The van der Waals surface area contributed by atoms with Gasteiger partial charge in [-0.15, -0.1) is 11.3 Å². The van der Waals surface area contributed by atoms with Gasteiger partial charge in [0, 0.05) is 11.1 Å². The molecule has 1 atom stereocenters. The first-order valence-corrected chi connectivity index (χ1v) is 10.7. The Morgan fingerprint density at radius 3 is 2.86 bits per heavy atom. The average Bonchev–Trinajstić information content (AvgIpc) is 3.11. The zero-order valence-electron chi connectivity index (χ0n) is 16.7. The molecule has 2 aromatic heterocycles. The second-order valence-electron chi connectivity index (χ2n) is 7.38. The van der Waals surface area contributed by atoms with Crippen molar-refractivity contribution in [1.29, 1.82) is 0 Å². The lowest BCUT2D eigenvalue weighted by atomic mass is 9.88. The second kappa shape index (κ2) is 8.66. The Labute approximate surface area is 175 Å². The van der Waals surface area contributed by atoms with E-state index in [1.54, 1.807) is 24.6 Å². The third-order valence-corrected chi connectivity index (χ3v) is 6.46. The van der Waals surface area contributed by atoms with Crippen LogP contribution in [0.1, 0.15) is 39.8 Å². The number of benzene rings is 1. The highest BCUT2D eigenvalue weighted by atomic mass is 32.1. The van der Waals surface area contributed by atoms with Gasteiger partial charge in [0.25, 0.3) is 5.91 Å². The van der Waals surface area contributed by atoms with Crippen molar-refractivity contribution in [3.05, 3.63) is 70.4 Å². The molecule has 4 rings (SSSR count). The van der Waals surface area contributed by atoms with Crippen LogP contribution in [0.2, 0.25) is 0 Å². The van der Waals surface area contributed by atoms with Crippen molar-refractivity contribution in [2.24, 2.45) is 5.92 Å². The summed E-state index contributed by atoms with van der Waals surface area (Å²) in [5, 5.41) is 7.43. The first kappa shape index (κ1) is 19.5. The van der Waals surface area contributed by atoms with Gasteiger partial charge in [0.15, 0.2) is 0 Å². The molecule has 150 valence electrons. The fourth-order valence-electron chi connectivity index (χ4n) is 3.72. The topological polar surface area (TPSA) is 63.2 Å². The van der Waals surface area contributed by atoms with Gasteiger partial charge in [-0.1, -0.05) is 25.1 Å². The van der Waals surface area contributed by atoms with E-state index < -0.39 is 0 Å². The van der Waals surface area contributed by atoms with E-state index >= 15 is 0 Å². The predicted octanol–water partition coefficient (Wildman–Crippen LogP) is 5.14. The Morgan fingerprint density at radius 2 is 2.07 bits per heavy atom. The summed E-state index contributed by atoms with van der Waals surface area (Å²) in [6.07, 6.45) is 4.86. The molecule has 1 aromatic carbocycles. The lowest BCUT2D eigenvalue weighted by Gasteiger charge is -2.19. The van der Waals surface area contributed by atoms with Crippen molar-refractivity contribution in [2.45, 2.75) is 32.7 Å². The lowest BCUT2D eigenvalue weighted by molar-refractivity contribution is 0.102. The summed E-state index contributed by atoms with van der Waals surface area (Å²) in [6, 6.07) is 13.4. The number of hydrogen-bond donors (Lipinski definition) is 2. The Morgan fingerprint density at radius 1 is 1.24 bits per heavy atom. The third kappa shape index (κ3) is 4.27. The lowest BCUT2D eigenvalue weighted by Crippen LogP contribution is -2.18. The van der Waals surface area contributed by atoms with Crippen LogP contribution in [-0.4, -0.2) is 18.0 Å². The molecule has 0 bridgehead atoms. The number of rotatable bonds is 6. The van der Waals surface area contributed by atoms with E-state index in [1.807, 2.05) is 42.5 Å². The van der Waals surface area contributed by atoms with Crippen LogP contribution in [0.15, 0.2) is 48.7 Å². The van der Waals surface area contributed by atoms with Crippen molar-refractivity contribution in [1.82, 2.24) is 4.98 Å². The molecule has 0 aliphatic heterocycles. The Kier molecular flexibility index (Phi) is 5.81. The number of para-hydroxylation sites is 2. The molecule has 2 heterocycles. The maximum Gasteiger partial charge on any atom is 0.259 e. The van der Waals surface area contributed by atoms with Crippen molar-refractivity contribution in [2.75, 3.05) is 17.7 Å². The summed E-state index contributed by atoms with van der Waals surface area (Å²) in [5.74, 6) is 1.21. The number of nitrogens with one attached hydrogen (secondary N) is 2. The average molecular weight is 408 g/mol. The van der Waals surface area contributed by atoms with E-state index in [2.05, 4.69) is 22.5 Å². The minimum absolute atomic E-state index is 0.0925. The summed E-state index contributed by atoms with van der Waals surface area (Å²) in [7, 11) is 1.61. The van der Waals surface area contributed by atoms with Crippen LogP contribution in [0.5, 0.6) is 5.75 Å². The molecule has 2 N–H and O–H groups in total. The molecule has 1 unspecified atom stereocenters. The maximum atomic E-state index is 13.3. The highest BCUT2D eigenvalue weighted by molar-refractivity contribution is 7.16. The zero-order chi connectivity index (χ0) is 20.2. The monoisotopic (exact) mass is 407 g/mol. The quantitative estimate of drug-likeness (QED) is 0.594. The van der Waals surface area contributed by atoms with Gasteiger partial charge in [0.05, 0.1) is 30.6 Å². The van der Waals surface area contributed by atoms with E-state index in [0.29, 0.717) is 23.9 Å². The number of aromatic nitrogens is 1. The van der Waals surface area contributed by atoms with Gasteiger partial charge in [-0.25, -0.2) is 0 Å². The molecule has 0 radical (unpaired) electrons. The number of hydrogen-bond acceptors (Lipinski definition) is 5. The van der Waals surface area contributed by atoms with Crippen LogP contribution in [0.25, 0.3) is 0 Å². The van der Waals surface area contributed by atoms with Crippen molar-refractivity contribution >= 4 is 27.9 Å². The van der Waals surface area contributed by atoms with E-state index in [4.69, 9.17) is 4.74 Å². The number of carbonyl (C=O) groups excluding carboxylic acids is 1. The molecule has 0 spiro atoms. The summed E-state index contributed by atoms with van der Waals surface area (Å²) in [5.41, 5.74) is 3.57. The Bertz CT molecular complexity index is 1000. The summed E-state index contributed by atoms with van der Waals surface area (Å²) < 4.78 is 5.39. The van der Waals surface area contributed by atoms with E-state index in [0.717, 1.165) is 35.5 Å². The van der Waals surface area contributed by atoms with Crippen molar-refractivity contribution in [3.8, 4) is 5.75 Å². The molecule has 29 heavy (non-hydrogen) atoms. The molecule has 6 heteroatoms. The number of methoxy groups -OCH3 is 1. The Balaban J connectivity index is 1.64. The molecule has 1 aliphatic rings. The Hall–Kier alpha value is -2.86. The zero-order valence-corrected chi connectivity index (χ0v) is 17.5. The van der Waals surface area contributed by atoms with Crippen LogP contribution in [-0.2, 0) is 19.4 Å². The number of pyridine rings is 1. The van der Waals surface area contributed by atoms with Gasteiger partial charge in [-0.3, -0.25) is 9.78 Å². The number of carbonyl (C=O) groups is 1. The van der Waals surface area contributed by atoms with Gasteiger partial charge in [0.1, 0.15) is 10.8 Å². The van der Waals surface area contributed by atoms with Crippen molar-refractivity contribution < 1.29 is 9.53 Å². The molecule has 0 fully saturated rings. The number of nitrogens with zero attached hydrogens (tertiary/aromatic N) is 1. The first-order valence-electron chi connectivity index (χ1n) is 9.88. The molecule has 0 saturated carbocycles. The van der Waals surface area contributed by atoms with Crippen LogP contribution in [0.3, 0.4) is 0 Å². The van der Waals surface area contributed by atoms with E-state index in [9.17, 15) is 4.79 Å². The van der Waals surface area contributed by atoms with Gasteiger partial charge >= 0.3 is 0 Å². The predicted molar refractivity (Wildman–Crippen MR) is 118 cm³/mol. The first-order chi connectivity index (χ1) is 14.2. The SMILES string of the molecule is COc1ccccc1NC(=O)c1c(NCc2ccccn2)sc2c1CCC(C)C2. The molecular formula is C23H25N3O2S. The summed E-state index contributed by atoms with van der Waals surface area (Å²) in [4.78, 5) is 19.0. The standard InChI is InChI=1S/C23H25N3O2S/c1-15-10-11-17-20(13-15)29-23(25-14-16-7-5-6-12-24-16)21(17)22(27)26-18-8-3-4-9-19(18)28-2/h3-9,12,15,25H,10-11,13-14H2,1-2H3,(H,26,27). The van der Waals surface area contributed by atoms with Crippen LogP contribution in [0.4, 0.5) is 10.7 Å². The fourth-order valence-corrected chi connectivity index (χ4v) is 5.13. The fraction of sp³-hybridized carbons (Fsp3) is 0.304. The number of anilines is 2. The van der Waals surface area contributed by atoms with Crippen LogP contribution >= 0.6 is 11.3 Å². The largest absolute Gasteiger partial charge is 0.495 e. The van der Waals surface area contributed by atoms with Gasteiger partial charge in [-0.05, 0) is 55.0 Å². The molecule has 1 aliphatic carbocycles. The number of fused-ring (bicyclic) bond motifs is 1. The van der Waals surface area contributed by atoms with E-state index in [1.165, 1.54) is 10.4 Å². The maximum absolute atomic E-state index is 13.3. The number of amides is 1. The van der Waals surface area contributed by atoms with Crippen LogP contribution < -0.4 is 15.4 Å². The number of ether oxygens (including phenoxy) is 1. The normalized spacial score (nSPS) is 15.4. The van der Waals surface area contributed by atoms with Crippen molar-refractivity contribution in [3.63, 3.8) is 0 Å². The summed E-state index contributed by atoms with van der Waals surface area (Å²) in [6.45, 7) is 2.86. The minimum atomic E-state index is -0.0925. The molecular weight excluding hydrogens is 382 g/mol. The second-order valence-corrected chi connectivity index (χ2v) is 8.49. The molecule has 0 saturated heterocycles. The van der Waals surface area contributed by atoms with Gasteiger partial charge in [-0.2, -0.15) is 0 Å². The third-order valence-electron chi connectivity index (χ3n) is 5.25. The summed E-state index contributed by atoms with van der Waals surface area (Å²) >= 11 is 1.70.